The van der Waals surface area contributed by atoms with Gasteiger partial charge in [-0.05, 0) is 42.8 Å². The molecule has 6 nitrogen and oxygen atoms in total. The lowest BCUT2D eigenvalue weighted by molar-refractivity contribution is -0.119. The Morgan fingerprint density at radius 2 is 1.96 bits per heavy atom. The average molecular weight is 393 g/mol. The van der Waals surface area contributed by atoms with Crippen molar-refractivity contribution in [3.63, 3.8) is 0 Å². The molecule has 0 bridgehead atoms. The zero-order valence-corrected chi connectivity index (χ0v) is 15.8. The average Bonchev–Trinajstić information content (AvgIpc) is 2.74. The minimum absolute atomic E-state index is 0.0650. The molecule has 26 heavy (non-hydrogen) atoms. The topological polar surface area (TPSA) is 83.6 Å². The molecular formula is C18H17ClN2O4S. The lowest BCUT2D eigenvalue weighted by Crippen LogP contribution is -2.30. The van der Waals surface area contributed by atoms with E-state index < -0.39 is 27.8 Å². The van der Waals surface area contributed by atoms with Gasteiger partial charge in [-0.25, -0.2) is 12.7 Å². The molecule has 8 heteroatoms. The van der Waals surface area contributed by atoms with E-state index in [0.717, 1.165) is 9.87 Å². The zero-order chi connectivity index (χ0) is 19.1. The van der Waals surface area contributed by atoms with Gasteiger partial charge < -0.3 is 5.32 Å². The van der Waals surface area contributed by atoms with E-state index in [1.54, 1.807) is 13.0 Å². The largest absolute Gasteiger partial charge is 0.322 e. The lowest BCUT2D eigenvalue weighted by atomic mass is 10.1. The molecule has 1 atom stereocenters. The Morgan fingerprint density at radius 3 is 2.54 bits per heavy atom. The SMILES string of the molecule is Cc1cccc(NC(=O)c2ccc(N3C(=O)[C@H](C)CS3(=O)=O)cc2Cl)c1. The zero-order valence-electron chi connectivity index (χ0n) is 14.2. The highest BCUT2D eigenvalue weighted by Crippen LogP contribution is 2.31. The minimum Gasteiger partial charge on any atom is -0.322 e. The summed E-state index contributed by atoms with van der Waals surface area (Å²) in [7, 11) is -3.72. The van der Waals surface area contributed by atoms with Gasteiger partial charge in [0, 0.05) is 5.69 Å². The van der Waals surface area contributed by atoms with Gasteiger partial charge in [0.2, 0.25) is 15.9 Å². The van der Waals surface area contributed by atoms with Crippen LogP contribution >= 0.6 is 11.6 Å². The van der Waals surface area contributed by atoms with E-state index in [0.29, 0.717) is 5.69 Å². The number of sulfonamides is 1. The number of halogens is 1. The Balaban J connectivity index is 1.88. The van der Waals surface area contributed by atoms with Crippen LogP contribution in [0.25, 0.3) is 0 Å². The molecular weight excluding hydrogens is 376 g/mol. The third-order valence-corrected chi connectivity index (χ3v) is 6.25. The lowest BCUT2D eigenvalue weighted by Gasteiger charge is -2.16. The maximum atomic E-state index is 12.4. The second-order valence-electron chi connectivity index (χ2n) is 6.27. The first-order valence-corrected chi connectivity index (χ1v) is 9.92. The maximum absolute atomic E-state index is 12.4. The van der Waals surface area contributed by atoms with Crippen molar-refractivity contribution in [2.45, 2.75) is 13.8 Å². The van der Waals surface area contributed by atoms with Crippen LogP contribution in [-0.2, 0) is 14.8 Å². The molecule has 1 aliphatic rings. The molecule has 136 valence electrons. The predicted molar refractivity (Wildman–Crippen MR) is 101 cm³/mol. The van der Waals surface area contributed by atoms with E-state index in [-0.39, 0.29) is 22.0 Å². The number of nitrogens with zero attached hydrogens (tertiary/aromatic N) is 1. The van der Waals surface area contributed by atoms with Gasteiger partial charge in [-0.1, -0.05) is 30.7 Å². The molecule has 1 N–H and O–H groups in total. The normalized spacial score (nSPS) is 18.8. The summed E-state index contributed by atoms with van der Waals surface area (Å²) in [6.07, 6.45) is 0. The number of amides is 2. The number of hydrogen-bond acceptors (Lipinski definition) is 4. The smallest absolute Gasteiger partial charge is 0.257 e. The highest BCUT2D eigenvalue weighted by Gasteiger charge is 2.42. The molecule has 0 aromatic heterocycles. The predicted octanol–water partition coefficient (Wildman–Crippen LogP) is 3.21. The van der Waals surface area contributed by atoms with Crippen LogP contribution in [0.5, 0.6) is 0 Å². The third kappa shape index (κ3) is 3.45. The third-order valence-electron chi connectivity index (χ3n) is 4.07. The molecule has 0 saturated carbocycles. The van der Waals surface area contributed by atoms with E-state index in [2.05, 4.69) is 5.32 Å². The molecule has 1 heterocycles. The second kappa shape index (κ2) is 6.74. The van der Waals surface area contributed by atoms with Crippen LogP contribution in [0.4, 0.5) is 11.4 Å². The summed E-state index contributed by atoms with van der Waals surface area (Å²) in [5.41, 5.74) is 1.95. The number of rotatable bonds is 3. The van der Waals surface area contributed by atoms with Crippen LogP contribution in [0.3, 0.4) is 0 Å². The van der Waals surface area contributed by atoms with Crippen LogP contribution in [-0.4, -0.2) is 26.0 Å². The fraction of sp³-hybridized carbons (Fsp3) is 0.222. The summed E-state index contributed by atoms with van der Waals surface area (Å²) in [5, 5.41) is 2.80. The van der Waals surface area contributed by atoms with Gasteiger partial charge in [-0.2, -0.15) is 0 Å². The van der Waals surface area contributed by atoms with Gasteiger partial charge in [0.15, 0.2) is 0 Å². The van der Waals surface area contributed by atoms with Crippen molar-refractivity contribution < 1.29 is 18.0 Å². The summed E-state index contributed by atoms with van der Waals surface area (Å²) < 4.78 is 25.1. The fourth-order valence-electron chi connectivity index (χ4n) is 2.82. The number of hydrogen-bond donors (Lipinski definition) is 1. The van der Waals surface area contributed by atoms with Crippen LogP contribution < -0.4 is 9.62 Å². The first-order valence-electron chi connectivity index (χ1n) is 7.93. The summed E-state index contributed by atoms with van der Waals surface area (Å²) in [5.74, 6) is -1.77. The fourth-order valence-corrected chi connectivity index (χ4v) is 4.90. The number of benzene rings is 2. The van der Waals surface area contributed by atoms with E-state index in [1.165, 1.54) is 18.2 Å². The molecule has 1 saturated heterocycles. The molecule has 0 unspecified atom stereocenters. The highest BCUT2D eigenvalue weighted by atomic mass is 35.5. The Kier molecular flexibility index (Phi) is 4.77. The maximum Gasteiger partial charge on any atom is 0.257 e. The number of anilines is 2. The van der Waals surface area contributed by atoms with Gasteiger partial charge >= 0.3 is 0 Å². The van der Waals surface area contributed by atoms with Crippen molar-refractivity contribution in [3.05, 3.63) is 58.6 Å². The van der Waals surface area contributed by atoms with E-state index in [1.807, 2.05) is 25.1 Å². The van der Waals surface area contributed by atoms with Crippen molar-refractivity contribution in [2.24, 2.45) is 5.92 Å². The minimum atomic E-state index is -3.72. The summed E-state index contributed by atoms with van der Waals surface area (Å²) in [6.45, 7) is 3.47. The monoisotopic (exact) mass is 392 g/mol. The van der Waals surface area contributed by atoms with E-state index in [9.17, 15) is 18.0 Å². The standard InChI is InChI=1S/C18H17ClN2O4S/c1-11-4-3-5-13(8-11)20-17(22)15-7-6-14(9-16(15)19)21-18(23)12(2)10-26(21,24)25/h3-9,12H,10H2,1-2H3,(H,20,22)/t12-/m1/s1. The molecule has 0 radical (unpaired) electrons. The Labute approximate surface area is 156 Å². The van der Waals surface area contributed by atoms with E-state index >= 15 is 0 Å². The molecule has 1 fully saturated rings. The van der Waals surface area contributed by atoms with Crippen molar-refractivity contribution in [1.29, 1.82) is 0 Å². The van der Waals surface area contributed by atoms with Gasteiger partial charge in [-0.15, -0.1) is 0 Å². The second-order valence-corrected chi connectivity index (χ2v) is 8.54. The Bertz CT molecular complexity index is 1000. The molecule has 0 aliphatic carbocycles. The number of nitrogens with one attached hydrogen (secondary N) is 1. The first kappa shape index (κ1) is 18.4. The van der Waals surface area contributed by atoms with E-state index in [4.69, 9.17) is 11.6 Å². The highest BCUT2D eigenvalue weighted by molar-refractivity contribution is 7.94. The molecule has 3 rings (SSSR count). The summed E-state index contributed by atoms with van der Waals surface area (Å²) >= 11 is 6.18. The number of carbonyl (C=O) groups excluding carboxylic acids is 2. The number of aryl methyl sites for hydroxylation is 1. The van der Waals surface area contributed by atoms with Crippen LogP contribution in [0.2, 0.25) is 5.02 Å². The quantitative estimate of drug-likeness (QED) is 0.869. The Hall–Kier alpha value is -2.38. The molecule has 0 spiro atoms. The number of carbonyl (C=O) groups is 2. The van der Waals surface area contributed by atoms with Gasteiger partial charge in [0.1, 0.15) is 0 Å². The van der Waals surface area contributed by atoms with Crippen LogP contribution in [0.1, 0.15) is 22.8 Å². The summed E-state index contributed by atoms with van der Waals surface area (Å²) in [4.78, 5) is 24.6. The molecule has 2 amide bonds. The van der Waals surface area contributed by atoms with Gasteiger partial charge in [-0.3, -0.25) is 9.59 Å². The van der Waals surface area contributed by atoms with Crippen LogP contribution in [0.15, 0.2) is 42.5 Å². The van der Waals surface area contributed by atoms with Gasteiger partial charge in [0.05, 0.1) is 27.9 Å². The first-order chi connectivity index (χ1) is 12.2. The van der Waals surface area contributed by atoms with Crippen molar-refractivity contribution >= 4 is 44.8 Å². The van der Waals surface area contributed by atoms with Crippen molar-refractivity contribution in [3.8, 4) is 0 Å². The van der Waals surface area contributed by atoms with Crippen molar-refractivity contribution in [1.82, 2.24) is 0 Å². The summed E-state index contributed by atoms with van der Waals surface area (Å²) in [6, 6.07) is 11.4. The Morgan fingerprint density at radius 1 is 1.23 bits per heavy atom. The molecule has 2 aromatic carbocycles. The van der Waals surface area contributed by atoms with Crippen LogP contribution in [0, 0.1) is 12.8 Å². The molecule has 1 aliphatic heterocycles. The van der Waals surface area contributed by atoms with Crippen molar-refractivity contribution in [2.75, 3.05) is 15.4 Å². The van der Waals surface area contributed by atoms with Gasteiger partial charge in [0.25, 0.3) is 5.91 Å². The molecule has 2 aromatic rings.